The summed E-state index contributed by atoms with van der Waals surface area (Å²) >= 11 is 3.35. The molecule has 1 unspecified atom stereocenters. The van der Waals surface area contributed by atoms with Crippen molar-refractivity contribution in [3.8, 4) is 0 Å². The van der Waals surface area contributed by atoms with Crippen molar-refractivity contribution in [3.63, 3.8) is 0 Å². The van der Waals surface area contributed by atoms with Gasteiger partial charge in [0.15, 0.2) is 0 Å². The third-order valence-electron chi connectivity index (χ3n) is 4.10. The van der Waals surface area contributed by atoms with E-state index in [4.69, 9.17) is 4.42 Å². The van der Waals surface area contributed by atoms with Crippen molar-refractivity contribution >= 4 is 32.8 Å². The van der Waals surface area contributed by atoms with Gasteiger partial charge in [0.25, 0.3) is 5.91 Å². The molecule has 2 heterocycles. The fourth-order valence-corrected chi connectivity index (χ4v) is 3.22. The van der Waals surface area contributed by atoms with Crippen LogP contribution in [0, 0.1) is 0 Å². The van der Waals surface area contributed by atoms with Crippen LogP contribution in [0.25, 0.3) is 11.0 Å². The van der Waals surface area contributed by atoms with E-state index in [9.17, 15) is 4.79 Å². The molecule has 0 radical (unpaired) electrons. The maximum Gasteiger partial charge on any atom is 0.253 e. The maximum atomic E-state index is 12.8. The number of para-hydroxylation sites is 1. The number of halogens is 1. The van der Waals surface area contributed by atoms with Crippen LogP contribution in [0.1, 0.15) is 27.7 Å². The van der Waals surface area contributed by atoms with Gasteiger partial charge in [0.05, 0.1) is 5.56 Å². The molecule has 0 saturated heterocycles. The highest BCUT2D eigenvalue weighted by atomic mass is 79.9. The number of carbonyl (C=O) groups excluding carboxylic acids is 1. The number of nitrogens with one attached hydrogen (secondary N) is 1. The fraction of sp³-hybridized carbons (Fsp3) is 0.0476. The van der Waals surface area contributed by atoms with Gasteiger partial charge in [0, 0.05) is 22.3 Å². The van der Waals surface area contributed by atoms with Crippen molar-refractivity contribution in [2.75, 3.05) is 0 Å². The lowest BCUT2D eigenvalue weighted by atomic mass is 10.0. The zero-order valence-corrected chi connectivity index (χ0v) is 15.3. The first kappa shape index (κ1) is 16.5. The standard InChI is InChI=1S/C21H15BrN2O2/c22-17-10-16(12-23-13-17)21(25)24-20(14-6-2-1-3-7-14)19-11-15-8-4-5-9-18(15)26-19/h1-13,20H,(H,24,25). The van der Waals surface area contributed by atoms with Gasteiger partial charge in [-0.3, -0.25) is 9.78 Å². The highest BCUT2D eigenvalue weighted by Gasteiger charge is 2.21. The van der Waals surface area contributed by atoms with Gasteiger partial charge in [-0.15, -0.1) is 0 Å². The Balaban J connectivity index is 1.72. The van der Waals surface area contributed by atoms with Crippen molar-refractivity contribution in [1.29, 1.82) is 0 Å². The fourth-order valence-electron chi connectivity index (χ4n) is 2.86. The molecule has 0 bridgehead atoms. The number of rotatable bonds is 4. The Morgan fingerprint density at radius 1 is 1.00 bits per heavy atom. The van der Waals surface area contributed by atoms with Crippen LogP contribution in [0.4, 0.5) is 0 Å². The number of hydrogen-bond donors (Lipinski definition) is 1. The molecule has 4 nitrogen and oxygen atoms in total. The van der Waals surface area contributed by atoms with Gasteiger partial charge in [0.2, 0.25) is 0 Å². The smallest absolute Gasteiger partial charge is 0.253 e. The van der Waals surface area contributed by atoms with Crippen LogP contribution in [0.5, 0.6) is 0 Å². The first-order valence-corrected chi connectivity index (χ1v) is 8.95. The Kier molecular flexibility index (Phi) is 4.54. The number of hydrogen-bond acceptors (Lipinski definition) is 3. The number of aromatic nitrogens is 1. The number of nitrogens with zero attached hydrogens (tertiary/aromatic N) is 1. The lowest BCUT2D eigenvalue weighted by Gasteiger charge is -2.17. The summed E-state index contributed by atoms with van der Waals surface area (Å²) < 4.78 is 6.76. The second kappa shape index (κ2) is 7.14. The quantitative estimate of drug-likeness (QED) is 0.512. The zero-order valence-electron chi connectivity index (χ0n) is 13.7. The summed E-state index contributed by atoms with van der Waals surface area (Å²) in [6.45, 7) is 0. The summed E-state index contributed by atoms with van der Waals surface area (Å²) in [5, 5.41) is 4.06. The second-order valence-corrected chi connectivity index (χ2v) is 6.81. The molecule has 0 aliphatic carbocycles. The summed E-state index contributed by atoms with van der Waals surface area (Å²) in [4.78, 5) is 16.8. The molecule has 128 valence electrons. The lowest BCUT2D eigenvalue weighted by molar-refractivity contribution is 0.0939. The number of fused-ring (bicyclic) bond motifs is 1. The van der Waals surface area contributed by atoms with Crippen LogP contribution in [0.15, 0.2) is 88.0 Å². The van der Waals surface area contributed by atoms with E-state index in [-0.39, 0.29) is 5.91 Å². The van der Waals surface area contributed by atoms with Gasteiger partial charge in [0.1, 0.15) is 17.4 Å². The van der Waals surface area contributed by atoms with Gasteiger partial charge in [-0.05, 0) is 39.7 Å². The van der Waals surface area contributed by atoms with E-state index in [1.54, 1.807) is 18.5 Å². The second-order valence-electron chi connectivity index (χ2n) is 5.90. The average molecular weight is 407 g/mol. The number of pyridine rings is 1. The normalized spacial score (nSPS) is 12.0. The van der Waals surface area contributed by atoms with Crippen LogP contribution in [0.2, 0.25) is 0 Å². The first-order chi connectivity index (χ1) is 12.7. The first-order valence-electron chi connectivity index (χ1n) is 8.15. The van der Waals surface area contributed by atoms with Gasteiger partial charge in [-0.1, -0.05) is 48.5 Å². The summed E-state index contributed by atoms with van der Waals surface area (Å²) in [7, 11) is 0. The Morgan fingerprint density at radius 3 is 2.54 bits per heavy atom. The molecule has 1 N–H and O–H groups in total. The summed E-state index contributed by atoms with van der Waals surface area (Å²) in [6.07, 6.45) is 3.19. The summed E-state index contributed by atoms with van der Waals surface area (Å²) in [5.74, 6) is 0.474. The van der Waals surface area contributed by atoms with E-state index in [2.05, 4.69) is 26.2 Å². The number of benzene rings is 2. The van der Waals surface area contributed by atoms with E-state index in [1.165, 1.54) is 0 Å². The van der Waals surface area contributed by atoms with Crippen LogP contribution >= 0.6 is 15.9 Å². The minimum absolute atomic E-state index is 0.215. The van der Waals surface area contributed by atoms with Crippen LogP contribution in [-0.4, -0.2) is 10.9 Å². The monoisotopic (exact) mass is 406 g/mol. The molecule has 5 heteroatoms. The van der Waals surface area contributed by atoms with E-state index >= 15 is 0 Å². The van der Waals surface area contributed by atoms with Gasteiger partial charge in [-0.2, -0.15) is 0 Å². The molecule has 4 aromatic rings. The van der Waals surface area contributed by atoms with E-state index in [0.29, 0.717) is 11.3 Å². The molecular formula is C21H15BrN2O2. The largest absolute Gasteiger partial charge is 0.459 e. The summed E-state index contributed by atoms with van der Waals surface area (Å²) in [6, 6.07) is 20.9. The molecule has 1 atom stereocenters. The lowest BCUT2D eigenvalue weighted by Crippen LogP contribution is -2.29. The van der Waals surface area contributed by atoms with Crippen molar-refractivity contribution in [2.24, 2.45) is 0 Å². The minimum Gasteiger partial charge on any atom is -0.459 e. The average Bonchev–Trinajstić information content (AvgIpc) is 3.10. The third kappa shape index (κ3) is 3.39. The predicted octanol–water partition coefficient (Wildman–Crippen LogP) is 5.11. The topological polar surface area (TPSA) is 55.1 Å². The SMILES string of the molecule is O=C(NC(c1ccccc1)c1cc2ccccc2o1)c1cncc(Br)c1. The Hall–Kier alpha value is -2.92. The number of carbonyl (C=O) groups is 1. The minimum atomic E-state index is -0.393. The van der Waals surface area contributed by atoms with E-state index in [0.717, 1.165) is 21.0 Å². The molecule has 1 amide bonds. The van der Waals surface area contributed by atoms with E-state index in [1.807, 2.05) is 60.7 Å². The van der Waals surface area contributed by atoms with E-state index < -0.39 is 6.04 Å². The molecule has 0 spiro atoms. The molecular weight excluding hydrogens is 392 g/mol. The van der Waals surface area contributed by atoms with Gasteiger partial charge < -0.3 is 9.73 Å². The Labute approximate surface area is 159 Å². The van der Waals surface area contributed by atoms with Crippen LogP contribution in [0.3, 0.4) is 0 Å². The molecule has 0 aliphatic rings. The van der Waals surface area contributed by atoms with Crippen molar-refractivity contribution in [3.05, 3.63) is 100 Å². The number of furan rings is 1. The molecule has 0 fully saturated rings. The molecule has 2 aromatic heterocycles. The Morgan fingerprint density at radius 2 is 1.77 bits per heavy atom. The highest BCUT2D eigenvalue weighted by Crippen LogP contribution is 2.28. The Bertz CT molecular complexity index is 1030. The van der Waals surface area contributed by atoms with Gasteiger partial charge >= 0.3 is 0 Å². The molecule has 2 aromatic carbocycles. The number of amides is 1. The van der Waals surface area contributed by atoms with Crippen molar-refractivity contribution in [2.45, 2.75) is 6.04 Å². The molecule has 4 rings (SSSR count). The van der Waals surface area contributed by atoms with Crippen molar-refractivity contribution < 1.29 is 9.21 Å². The predicted molar refractivity (Wildman–Crippen MR) is 104 cm³/mol. The van der Waals surface area contributed by atoms with Crippen LogP contribution in [-0.2, 0) is 0 Å². The van der Waals surface area contributed by atoms with Crippen molar-refractivity contribution in [1.82, 2.24) is 10.3 Å². The maximum absolute atomic E-state index is 12.8. The molecule has 26 heavy (non-hydrogen) atoms. The van der Waals surface area contributed by atoms with Crippen LogP contribution < -0.4 is 5.32 Å². The third-order valence-corrected chi connectivity index (χ3v) is 4.54. The van der Waals surface area contributed by atoms with Gasteiger partial charge in [-0.25, -0.2) is 0 Å². The highest BCUT2D eigenvalue weighted by molar-refractivity contribution is 9.10. The summed E-state index contributed by atoms with van der Waals surface area (Å²) in [5.41, 5.74) is 2.22. The molecule has 0 saturated carbocycles. The zero-order chi connectivity index (χ0) is 17.9. The molecule has 0 aliphatic heterocycles.